The van der Waals surface area contributed by atoms with Crippen LogP contribution in [-0.4, -0.2) is 74.2 Å². The lowest BCUT2D eigenvalue weighted by atomic mass is 10.1. The Balaban J connectivity index is 1.57. The molecule has 2 aliphatic rings. The van der Waals surface area contributed by atoms with Gasteiger partial charge in [0.05, 0.1) is 12.1 Å². The minimum atomic E-state index is -0.854. The van der Waals surface area contributed by atoms with Gasteiger partial charge in [0.1, 0.15) is 23.1 Å². The molecule has 0 spiro atoms. The van der Waals surface area contributed by atoms with Crippen LogP contribution in [0.3, 0.4) is 0 Å². The average molecular weight is 486 g/mol. The van der Waals surface area contributed by atoms with E-state index in [2.05, 4.69) is 20.3 Å². The number of fused-ring (bicyclic) bond motifs is 3. The Bertz CT molecular complexity index is 1050. The van der Waals surface area contributed by atoms with Crippen LogP contribution in [0.1, 0.15) is 33.6 Å². The number of hydrogen-bond donors (Lipinski definition) is 2. The quantitative estimate of drug-likeness (QED) is 0.382. The Kier molecular flexibility index (Phi) is 6.25. The number of amides is 1. The molecule has 1 amide bonds. The molecule has 0 aromatic carbocycles. The van der Waals surface area contributed by atoms with Crippen LogP contribution < -0.4 is 10.1 Å². The highest BCUT2D eigenvalue weighted by atomic mass is 35.5. The van der Waals surface area contributed by atoms with Gasteiger partial charge in [-0.3, -0.25) is 4.90 Å². The summed E-state index contributed by atoms with van der Waals surface area (Å²) >= 11 is 7.11. The van der Waals surface area contributed by atoms with Gasteiger partial charge in [0.15, 0.2) is 16.1 Å². The summed E-state index contributed by atoms with van der Waals surface area (Å²) in [4.78, 5) is 26.6. The molecule has 174 valence electrons. The summed E-state index contributed by atoms with van der Waals surface area (Å²) in [5, 5.41) is 13.5. The molecule has 4 heterocycles. The van der Waals surface area contributed by atoms with E-state index in [4.69, 9.17) is 21.1 Å². The summed E-state index contributed by atoms with van der Waals surface area (Å²) in [6.07, 6.45) is 3.02. The van der Waals surface area contributed by atoms with E-state index in [1.807, 2.05) is 20.8 Å². The summed E-state index contributed by atoms with van der Waals surface area (Å²) in [7, 11) is 0. The molecule has 4 rings (SSSR count). The van der Waals surface area contributed by atoms with E-state index in [0.717, 1.165) is 24.6 Å². The first kappa shape index (κ1) is 23.1. The van der Waals surface area contributed by atoms with Gasteiger partial charge in [-0.25, -0.2) is 14.2 Å². The van der Waals surface area contributed by atoms with Gasteiger partial charge in [-0.05, 0) is 39.9 Å². The van der Waals surface area contributed by atoms with Crippen molar-refractivity contribution in [2.75, 3.05) is 19.4 Å². The highest BCUT2D eigenvalue weighted by Gasteiger charge is 2.46. The lowest BCUT2D eigenvalue weighted by Crippen LogP contribution is -2.61. The van der Waals surface area contributed by atoms with Crippen molar-refractivity contribution in [2.45, 2.75) is 62.5 Å². The first-order valence-corrected chi connectivity index (χ1v) is 11.9. The number of nitrogens with one attached hydrogen (secondary N) is 1. The molecule has 2 N–H and O–H groups in total. The molecule has 0 saturated carbocycles. The summed E-state index contributed by atoms with van der Waals surface area (Å²) in [5.74, 6) is -1.36. The van der Waals surface area contributed by atoms with E-state index in [0.29, 0.717) is 6.54 Å². The van der Waals surface area contributed by atoms with Crippen LogP contribution >= 0.6 is 23.4 Å². The number of carbonyl (C=O) groups is 1. The number of pyridine rings is 1. The second kappa shape index (κ2) is 8.68. The second-order valence-corrected chi connectivity index (χ2v) is 9.92. The van der Waals surface area contributed by atoms with Crippen molar-refractivity contribution in [1.82, 2.24) is 25.2 Å². The molecule has 0 radical (unpaired) electrons. The van der Waals surface area contributed by atoms with Crippen molar-refractivity contribution in [3.63, 3.8) is 0 Å². The molecule has 2 aliphatic heterocycles. The van der Waals surface area contributed by atoms with Gasteiger partial charge in [0.25, 0.3) is 0 Å². The van der Waals surface area contributed by atoms with Crippen molar-refractivity contribution in [3.8, 4) is 11.8 Å². The van der Waals surface area contributed by atoms with Gasteiger partial charge < -0.3 is 19.9 Å². The Labute approximate surface area is 194 Å². The molecule has 3 atom stereocenters. The van der Waals surface area contributed by atoms with Crippen molar-refractivity contribution in [3.05, 3.63) is 11.0 Å². The Morgan fingerprint density at radius 2 is 2.09 bits per heavy atom. The standard InChI is InChI=1S/C20H25ClFN5O4S/c1-20(2,3)31-19(29)27-9-5-6-11(27)10(23-7-9)8-30-17-12-14(13(22)15(21)25-17)24-18(32-4)26-16(12)28/h9-11,23H,5-8H2,1-4H3,(H,24,26,28). The zero-order valence-electron chi connectivity index (χ0n) is 18.2. The van der Waals surface area contributed by atoms with Gasteiger partial charge in [-0.2, -0.15) is 9.97 Å². The first-order chi connectivity index (χ1) is 15.1. The lowest BCUT2D eigenvalue weighted by molar-refractivity contribution is 0.00115. The van der Waals surface area contributed by atoms with Gasteiger partial charge in [0, 0.05) is 12.6 Å². The van der Waals surface area contributed by atoms with Crippen molar-refractivity contribution in [1.29, 1.82) is 0 Å². The fourth-order valence-electron chi connectivity index (χ4n) is 4.14. The highest BCUT2D eigenvalue weighted by Crippen LogP contribution is 2.36. The maximum atomic E-state index is 14.5. The van der Waals surface area contributed by atoms with Crippen LogP contribution in [0.25, 0.3) is 10.9 Å². The zero-order valence-corrected chi connectivity index (χ0v) is 19.8. The van der Waals surface area contributed by atoms with Crippen LogP contribution in [-0.2, 0) is 4.74 Å². The summed E-state index contributed by atoms with van der Waals surface area (Å²) in [6.45, 7) is 6.23. The number of nitrogens with zero attached hydrogens (tertiary/aromatic N) is 4. The molecule has 12 heteroatoms. The SMILES string of the molecule is CSc1nc(O)c2c(OCC3NCC4CCC3N4C(=O)OC(C)(C)C)nc(Cl)c(F)c2n1. The van der Waals surface area contributed by atoms with E-state index in [1.165, 1.54) is 0 Å². The topological polar surface area (TPSA) is 110 Å². The van der Waals surface area contributed by atoms with Crippen LogP contribution in [0.15, 0.2) is 5.16 Å². The lowest BCUT2D eigenvalue weighted by Gasteiger charge is -2.40. The minimum Gasteiger partial charge on any atom is -0.493 e. The van der Waals surface area contributed by atoms with E-state index in [9.17, 15) is 14.3 Å². The number of aromatic hydroxyl groups is 1. The number of thioether (sulfide) groups is 1. The maximum absolute atomic E-state index is 14.5. The van der Waals surface area contributed by atoms with E-state index >= 15 is 0 Å². The number of hydrogen-bond acceptors (Lipinski definition) is 9. The molecule has 2 aromatic heterocycles. The number of aromatic nitrogens is 3. The van der Waals surface area contributed by atoms with Crippen LogP contribution in [0.2, 0.25) is 5.15 Å². The predicted molar refractivity (Wildman–Crippen MR) is 118 cm³/mol. The number of halogens is 2. The number of rotatable bonds is 4. The fourth-order valence-corrected chi connectivity index (χ4v) is 4.67. The third-order valence-electron chi connectivity index (χ3n) is 5.48. The monoisotopic (exact) mass is 485 g/mol. The third-order valence-corrected chi connectivity index (χ3v) is 6.28. The Hall–Kier alpha value is -2.11. The summed E-state index contributed by atoms with van der Waals surface area (Å²) in [6, 6.07) is -0.276. The maximum Gasteiger partial charge on any atom is 0.410 e. The minimum absolute atomic E-state index is 0.0474. The van der Waals surface area contributed by atoms with E-state index in [-0.39, 0.29) is 52.8 Å². The molecule has 2 aromatic rings. The predicted octanol–water partition coefficient (Wildman–Crippen LogP) is 3.36. The summed E-state index contributed by atoms with van der Waals surface area (Å²) in [5.41, 5.74) is -0.751. The van der Waals surface area contributed by atoms with Gasteiger partial charge in [-0.1, -0.05) is 23.4 Å². The van der Waals surface area contributed by atoms with Gasteiger partial charge in [0.2, 0.25) is 11.8 Å². The van der Waals surface area contributed by atoms with Gasteiger partial charge >= 0.3 is 6.09 Å². The number of carbonyl (C=O) groups excluding carboxylic acids is 1. The largest absolute Gasteiger partial charge is 0.493 e. The number of ether oxygens (including phenoxy) is 2. The molecule has 2 saturated heterocycles. The van der Waals surface area contributed by atoms with Gasteiger partial charge in [-0.15, -0.1) is 0 Å². The number of piperazine rings is 1. The van der Waals surface area contributed by atoms with Crippen molar-refractivity contribution in [2.24, 2.45) is 0 Å². The van der Waals surface area contributed by atoms with Crippen LogP contribution in [0.4, 0.5) is 9.18 Å². The molecule has 32 heavy (non-hydrogen) atoms. The zero-order chi connectivity index (χ0) is 23.2. The Morgan fingerprint density at radius 3 is 2.78 bits per heavy atom. The van der Waals surface area contributed by atoms with E-state index in [1.54, 1.807) is 11.2 Å². The molecule has 2 fully saturated rings. The Morgan fingerprint density at radius 1 is 1.34 bits per heavy atom. The fraction of sp³-hybridized carbons (Fsp3) is 0.600. The smallest absolute Gasteiger partial charge is 0.410 e. The highest BCUT2D eigenvalue weighted by molar-refractivity contribution is 7.98. The van der Waals surface area contributed by atoms with Crippen molar-refractivity contribution >= 4 is 40.4 Å². The average Bonchev–Trinajstić information content (AvgIpc) is 3.03. The molecule has 9 nitrogen and oxygen atoms in total. The van der Waals surface area contributed by atoms with Crippen LogP contribution in [0, 0.1) is 5.82 Å². The van der Waals surface area contributed by atoms with E-state index < -0.39 is 22.5 Å². The second-order valence-electron chi connectivity index (χ2n) is 8.79. The normalized spacial score (nSPS) is 22.9. The van der Waals surface area contributed by atoms with Crippen molar-refractivity contribution < 1.29 is 23.8 Å². The third kappa shape index (κ3) is 4.38. The van der Waals surface area contributed by atoms with Crippen LogP contribution in [0.5, 0.6) is 11.8 Å². The first-order valence-electron chi connectivity index (χ1n) is 10.3. The molecular formula is C20H25ClFN5O4S. The molecule has 3 unspecified atom stereocenters. The molecular weight excluding hydrogens is 461 g/mol. The molecule has 0 aliphatic carbocycles. The summed E-state index contributed by atoms with van der Waals surface area (Å²) < 4.78 is 26.0. The molecule has 2 bridgehead atoms.